The van der Waals surface area contributed by atoms with Crippen LogP contribution in [-0.2, 0) is 11.2 Å². The van der Waals surface area contributed by atoms with E-state index in [1.54, 1.807) is 14.0 Å². The van der Waals surface area contributed by atoms with Gasteiger partial charge < -0.3 is 24.3 Å². The van der Waals surface area contributed by atoms with Crippen LogP contribution in [0.2, 0.25) is 0 Å². The molecule has 2 aromatic heterocycles. The van der Waals surface area contributed by atoms with Gasteiger partial charge in [0.1, 0.15) is 11.4 Å². The predicted octanol–water partition coefficient (Wildman–Crippen LogP) is 4.18. The van der Waals surface area contributed by atoms with Crippen molar-refractivity contribution in [3.05, 3.63) is 52.5 Å². The highest BCUT2D eigenvalue weighted by Crippen LogP contribution is 2.35. The van der Waals surface area contributed by atoms with Crippen LogP contribution in [0.25, 0.3) is 10.9 Å². The Kier molecular flexibility index (Phi) is 5.76. The van der Waals surface area contributed by atoms with Crippen molar-refractivity contribution >= 4 is 22.8 Å². The largest absolute Gasteiger partial charge is 0.497 e. The third kappa shape index (κ3) is 3.69. The molecular weight excluding hydrogens is 394 g/mol. The number of carbonyl (C=O) groups excluding carboxylic acids is 2. The van der Waals surface area contributed by atoms with Crippen LogP contribution in [-0.4, -0.2) is 54.1 Å². The average Bonchev–Trinajstić information content (AvgIpc) is 3.38. The van der Waals surface area contributed by atoms with E-state index in [1.165, 1.54) is 18.1 Å². The molecule has 31 heavy (non-hydrogen) atoms. The number of methoxy groups -OCH3 is 2. The van der Waals surface area contributed by atoms with E-state index in [9.17, 15) is 9.59 Å². The number of nitrogens with one attached hydrogen (secondary N) is 2. The van der Waals surface area contributed by atoms with Crippen LogP contribution in [0.5, 0.6) is 5.75 Å². The number of aromatic amines is 2. The van der Waals surface area contributed by atoms with Crippen molar-refractivity contribution in [1.82, 2.24) is 14.9 Å². The van der Waals surface area contributed by atoms with E-state index in [4.69, 9.17) is 9.47 Å². The predicted molar refractivity (Wildman–Crippen MR) is 119 cm³/mol. The molecule has 0 spiro atoms. The first kappa shape index (κ1) is 21.0. The molecule has 1 amide bonds. The first-order valence-corrected chi connectivity index (χ1v) is 10.7. The molecule has 0 saturated carbocycles. The van der Waals surface area contributed by atoms with Crippen molar-refractivity contribution < 1.29 is 19.1 Å². The van der Waals surface area contributed by atoms with Crippen molar-refractivity contribution in [3.8, 4) is 5.75 Å². The Labute approximate surface area is 181 Å². The van der Waals surface area contributed by atoms with Gasteiger partial charge in [0.05, 0.1) is 19.8 Å². The van der Waals surface area contributed by atoms with Crippen LogP contribution in [0.3, 0.4) is 0 Å². The van der Waals surface area contributed by atoms with Crippen LogP contribution < -0.4 is 4.74 Å². The molecule has 0 bridgehead atoms. The zero-order valence-electron chi connectivity index (χ0n) is 18.5. The summed E-state index contributed by atoms with van der Waals surface area (Å²) >= 11 is 0. The van der Waals surface area contributed by atoms with E-state index >= 15 is 0 Å². The summed E-state index contributed by atoms with van der Waals surface area (Å²) in [5.41, 5.74) is 4.76. The molecule has 0 atom stereocenters. The first-order valence-electron chi connectivity index (χ1n) is 10.7. The second-order valence-electron chi connectivity index (χ2n) is 8.05. The molecule has 0 aliphatic carbocycles. The maximum absolute atomic E-state index is 13.2. The van der Waals surface area contributed by atoms with E-state index in [-0.39, 0.29) is 5.91 Å². The Balaban J connectivity index is 1.51. The van der Waals surface area contributed by atoms with Gasteiger partial charge in [-0.15, -0.1) is 0 Å². The van der Waals surface area contributed by atoms with Gasteiger partial charge in [-0.3, -0.25) is 4.79 Å². The van der Waals surface area contributed by atoms with Crippen molar-refractivity contribution in [2.45, 2.75) is 39.0 Å². The van der Waals surface area contributed by atoms with Gasteiger partial charge in [-0.25, -0.2) is 4.79 Å². The minimum Gasteiger partial charge on any atom is -0.497 e. The van der Waals surface area contributed by atoms with E-state index < -0.39 is 5.97 Å². The third-order valence-corrected chi connectivity index (χ3v) is 6.43. The van der Waals surface area contributed by atoms with Crippen molar-refractivity contribution in [2.24, 2.45) is 0 Å². The van der Waals surface area contributed by atoms with E-state index in [2.05, 4.69) is 22.2 Å². The highest BCUT2D eigenvalue weighted by Gasteiger charge is 2.30. The quantitative estimate of drug-likeness (QED) is 0.603. The summed E-state index contributed by atoms with van der Waals surface area (Å²) in [4.78, 5) is 33.8. The summed E-state index contributed by atoms with van der Waals surface area (Å²) in [6, 6.07) is 6.06. The number of piperidine rings is 1. The summed E-state index contributed by atoms with van der Waals surface area (Å²) in [5, 5.41) is 1.18. The number of likely N-dealkylation sites (tertiary alicyclic amines) is 1. The van der Waals surface area contributed by atoms with Gasteiger partial charge in [-0.1, -0.05) is 6.92 Å². The zero-order chi connectivity index (χ0) is 22.1. The maximum Gasteiger partial charge on any atom is 0.339 e. The summed E-state index contributed by atoms with van der Waals surface area (Å²) in [6.07, 6.45) is 4.49. The second kappa shape index (κ2) is 8.49. The molecule has 164 valence electrons. The number of esters is 1. The molecule has 1 aliphatic heterocycles. The molecule has 1 aromatic carbocycles. The number of amides is 1. The van der Waals surface area contributed by atoms with Gasteiger partial charge in [0.25, 0.3) is 5.91 Å². The molecule has 3 aromatic rings. The van der Waals surface area contributed by atoms with Gasteiger partial charge >= 0.3 is 5.97 Å². The molecule has 1 saturated heterocycles. The molecule has 1 fully saturated rings. The number of aryl methyl sites for hydroxylation is 1. The summed E-state index contributed by atoms with van der Waals surface area (Å²) < 4.78 is 10.3. The lowest BCUT2D eigenvalue weighted by Crippen LogP contribution is -2.38. The summed E-state index contributed by atoms with van der Waals surface area (Å²) in [7, 11) is 3.04. The normalized spacial score (nSPS) is 14.8. The average molecular weight is 424 g/mol. The highest BCUT2D eigenvalue weighted by atomic mass is 16.5. The lowest BCUT2D eigenvalue weighted by molar-refractivity contribution is 0.0599. The number of benzene rings is 1. The monoisotopic (exact) mass is 423 g/mol. The molecule has 2 N–H and O–H groups in total. The molecule has 0 radical (unpaired) electrons. The number of rotatable bonds is 5. The number of hydrogen-bond donors (Lipinski definition) is 2. The van der Waals surface area contributed by atoms with Crippen LogP contribution in [0.15, 0.2) is 24.4 Å². The number of carbonyl (C=O) groups is 2. The number of hydrogen-bond acceptors (Lipinski definition) is 4. The fraction of sp³-hybridized carbons (Fsp3) is 0.417. The number of ether oxygens (including phenoxy) is 2. The lowest BCUT2D eigenvalue weighted by atomic mass is 9.89. The lowest BCUT2D eigenvalue weighted by Gasteiger charge is -2.32. The number of fused-ring (bicyclic) bond motifs is 1. The first-order chi connectivity index (χ1) is 15.0. The van der Waals surface area contributed by atoms with Crippen LogP contribution >= 0.6 is 0 Å². The Morgan fingerprint density at radius 3 is 2.58 bits per heavy atom. The number of H-pyrrole nitrogens is 2. The number of nitrogens with zero attached hydrogens (tertiary/aromatic N) is 1. The molecule has 3 heterocycles. The zero-order valence-corrected chi connectivity index (χ0v) is 18.5. The minimum atomic E-state index is -0.405. The van der Waals surface area contributed by atoms with Crippen LogP contribution in [0, 0.1) is 6.92 Å². The Morgan fingerprint density at radius 2 is 1.94 bits per heavy atom. The van der Waals surface area contributed by atoms with Crippen molar-refractivity contribution in [3.63, 3.8) is 0 Å². The Bertz CT molecular complexity index is 1120. The standard InChI is InChI=1S/C24H29N3O4/c1-5-19-21(24(29)31-4)14(2)22(26-19)23(28)27-10-8-15(9-11-27)18-13-25-20-7-6-16(30-3)12-17(18)20/h6-7,12-13,15,25-26H,5,8-11H2,1-4H3. The van der Waals surface area contributed by atoms with E-state index in [0.717, 1.165) is 29.8 Å². The Hall–Kier alpha value is -3.22. The molecule has 1 aliphatic rings. The second-order valence-corrected chi connectivity index (χ2v) is 8.05. The highest BCUT2D eigenvalue weighted by molar-refractivity contribution is 6.00. The third-order valence-electron chi connectivity index (χ3n) is 6.43. The maximum atomic E-state index is 13.2. The molecular formula is C24H29N3O4. The van der Waals surface area contributed by atoms with Gasteiger partial charge in [-0.2, -0.15) is 0 Å². The SMILES string of the molecule is CCc1[nH]c(C(=O)N2CCC(c3c[nH]c4ccc(OC)cc34)CC2)c(C)c1C(=O)OC. The fourth-order valence-electron chi connectivity index (χ4n) is 4.65. The van der Waals surface area contributed by atoms with E-state index in [0.29, 0.717) is 42.2 Å². The van der Waals surface area contributed by atoms with Gasteiger partial charge in [0, 0.05) is 35.9 Å². The van der Waals surface area contributed by atoms with Gasteiger partial charge in [0.15, 0.2) is 0 Å². The minimum absolute atomic E-state index is 0.0543. The molecule has 0 unspecified atom stereocenters. The summed E-state index contributed by atoms with van der Waals surface area (Å²) in [5.74, 6) is 0.766. The van der Waals surface area contributed by atoms with E-state index in [1.807, 2.05) is 24.0 Å². The van der Waals surface area contributed by atoms with Gasteiger partial charge in [-0.05, 0) is 61.4 Å². The van der Waals surface area contributed by atoms with Crippen molar-refractivity contribution in [2.75, 3.05) is 27.3 Å². The summed E-state index contributed by atoms with van der Waals surface area (Å²) in [6.45, 7) is 5.11. The smallest absolute Gasteiger partial charge is 0.339 e. The van der Waals surface area contributed by atoms with Gasteiger partial charge in [0.2, 0.25) is 0 Å². The van der Waals surface area contributed by atoms with Crippen LogP contribution in [0.4, 0.5) is 0 Å². The molecule has 7 nitrogen and oxygen atoms in total. The fourth-order valence-corrected chi connectivity index (χ4v) is 4.65. The number of aromatic nitrogens is 2. The van der Waals surface area contributed by atoms with Crippen LogP contribution in [0.1, 0.15) is 63.4 Å². The Morgan fingerprint density at radius 1 is 1.19 bits per heavy atom. The van der Waals surface area contributed by atoms with Crippen molar-refractivity contribution in [1.29, 1.82) is 0 Å². The molecule has 7 heteroatoms. The topological polar surface area (TPSA) is 87.4 Å². The molecule has 4 rings (SSSR count).